The Balaban J connectivity index is 2.07. The molecule has 5 heteroatoms. The van der Waals surface area contributed by atoms with Crippen LogP contribution in [0, 0.1) is 0 Å². The van der Waals surface area contributed by atoms with Gasteiger partial charge in [0.1, 0.15) is 0 Å². The molecule has 1 aromatic rings. The van der Waals surface area contributed by atoms with E-state index in [1.807, 2.05) is 48.6 Å². The molecule has 0 aliphatic heterocycles. The minimum absolute atomic E-state index is 0.199. The standard InChI is InChI=1S/C19H19BN2O2/c23-20(24)18-14-17(15-10-6-2-1-3-7-11-15)21-19(22-18)16-12-8-4-5-9-13-16/h1-2,4,6,8-14,23-24H,3,5,7H2/b2-1+,10-6-,15-11+. The van der Waals surface area contributed by atoms with E-state index in [1.54, 1.807) is 6.07 Å². The zero-order chi connectivity index (χ0) is 16.8. The van der Waals surface area contributed by atoms with Crippen molar-refractivity contribution in [3.05, 3.63) is 78.3 Å². The lowest BCUT2D eigenvalue weighted by atomic mass is 9.84. The maximum atomic E-state index is 9.59. The number of rotatable bonds is 3. The summed E-state index contributed by atoms with van der Waals surface area (Å²) in [6.45, 7) is 0. The Bertz CT molecular complexity index is 787. The van der Waals surface area contributed by atoms with Crippen LogP contribution in [0.3, 0.4) is 0 Å². The zero-order valence-electron chi connectivity index (χ0n) is 13.3. The van der Waals surface area contributed by atoms with Gasteiger partial charge in [-0.05, 0) is 30.9 Å². The summed E-state index contributed by atoms with van der Waals surface area (Å²) < 4.78 is 0. The van der Waals surface area contributed by atoms with Gasteiger partial charge < -0.3 is 10.0 Å². The van der Waals surface area contributed by atoms with E-state index in [0.717, 1.165) is 30.4 Å². The van der Waals surface area contributed by atoms with E-state index in [-0.39, 0.29) is 5.59 Å². The number of hydrogen-bond acceptors (Lipinski definition) is 4. The molecule has 2 N–H and O–H groups in total. The molecule has 120 valence electrons. The molecule has 0 spiro atoms. The third kappa shape index (κ3) is 4.07. The predicted molar refractivity (Wildman–Crippen MR) is 98.2 cm³/mol. The fourth-order valence-electron chi connectivity index (χ4n) is 2.53. The van der Waals surface area contributed by atoms with Gasteiger partial charge in [-0.2, -0.15) is 0 Å². The van der Waals surface area contributed by atoms with Crippen LogP contribution in [0.4, 0.5) is 0 Å². The molecule has 2 aliphatic carbocycles. The summed E-state index contributed by atoms with van der Waals surface area (Å²) in [5, 5.41) is 19.2. The van der Waals surface area contributed by atoms with Crippen molar-refractivity contribution in [3.8, 4) is 0 Å². The normalized spacial score (nSPS) is 21.8. The van der Waals surface area contributed by atoms with Crippen molar-refractivity contribution in [2.45, 2.75) is 19.3 Å². The summed E-state index contributed by atoms with van der Waals surface area (Å²) >= 11 is 0. The number of nitrogens with zero attached hydrogens (tertiary/aromatic N) is 2. The first-order valence-corrected chi connectivity index (χ1v) is 8.06. The van der Waals surface area contributed by atoms with Gasteiger partial charge in [-0.3, -0.25) is 0 Å². The van der Waals surface area contributed by atoms with Crippen molar-refractivity contribution in [1.82, 2.24) is 9.97 Å². The Kier molecular flexibility index (Phi) is 5.36. The van der Waals surface area contributed by atoms with Crippen LogP contribution in [0.1, 0.15) is 30.8 Å². The highest BCUT2D eigenvalue weighted by molar-refractivity contribution is 6.57. The maximum absolute atomic E-state index is 9.59. The molecule has 24 heavy (non-hydrogen) atoms. The molecule has 0 unspecified atom stereocenters. The molecule has 3 rings (SSSR count). The summed E-state index contributed by atoms with van der Waals surface area (Å²) in [5.74, 6) is 0.491. The van der Waals surface area contributed by atoms with Crippen molar-refractivity contribution in [1.29, 1.82) is 0 Å². The third-order valence-electron chi connectivity index (χ3n) is 3.77. The highest BCUT2D eigenvalue weighted by atomic mass is 16.4. The molecule has 0 saturated carbocycles. The lowest BCUT2D eigenvalue weighted by Gasteiger charge is -2.10. The third-order valence-corrected chi connectivity index (χ3v) is 3.77. The predicted octanol–water partition coefficient (Wildman–Crippen LogP) is 2.35. The zero-order valence-corrected chi connectivity index (χ0v) is 13.3. The molecule has 0 aromatic carbocycles. The van der Waals surface area contributed by atoms with Crippen LogP contribution in [0.2, 0.25) is 0 Å². The SMILES string of the molecule is OB(O)c1cc(C2=C/CC/C=C/C=C\2)nc(C2=CC=CCC=C2)n1. The highest BCUT2D eigenvalue weighted by Gasteiger charge is 2.18. The van der Waals surface area contributed by atoms with Gasteiger partial charge >= 0.3 is 7.12 Å². The Morgan fingerprint density at radius 2 is 1.79 bits per heavy atom. The lowest BCUT2D eigenvalue weighted by Crippen LogP contribution is -2.34. The van der Waals surface area contributed by atoms with Gasteiger partial charge in [0, 0.05) is 5.57 Å². The lowest BCUT2D eigenvalue weighted by molar-refractivity contribution is 0.424. The maximum Gasteiger partial charge on any atom is 0.508 e. The van der Waals surface area contributed by atoms with Crippen molar-refractivity contribution in [3.63, 3.8) is 0 Å². The Labute approximate surface area is 142 Å². The molecule has 2 aliphatic rings. The summed E-state index contributed by atoms with van der Waals surface area (Å²) in [6, 6.07) is 1.63. The van der Waals surface area contributed by atoms with Gasteiger partial charge in [0.15, 0.2) is 5.82 Å². The summed E-state index contributed by atoms with van der Waals surface area (Å²) in [7, 11) is -1.63. The van der Waals surface area contributed by atoms with Crippen molar-refractivity contribution >= 4 is 23.9 Å². The first-order chi connectivity index (χ1) is 11.7. The van der Waals surface area contributed by atoms with E-state index >= 15 is 0 Å². The van der Waals surface area contributed by atoms with Crippen LogP contribution in [-0.4, -0.2) is 27.1 Å². The van der Waals surface area contributed by atoms with Gasteiger partial charge in [-0.1, -0.05) is 60.8 Å². The quantitative estimate of drug-likeness (QED) is 0.840. The second kappa shape index (κ2) is 7.86. The van der Waals surface area contributed by atoms with Crippen LogP contribution < -0.4 is 5.59 Å². The van der Waals surface area contributed by atoms with Gasteiger partial charge in [0.25, 0.3) is 0 Å². The minimum atomic E-state index is -1.63. The fourth-order valence-corrected chi connectivity index (χ4v) is 2.53. The average molecular weight is 318 g/mol. The smallest absolute Gasteiger partial charge is 0.422 e. The summed E-state index contributed by atoms with van der Waals surface area (Å²) in [4.78, 5) is 8.95. The Hall–Kier alpha value is -2.50. The van der Waals surface area contributed by atoms with Crippen LogP contribution in [0.25, 0.3) is 11.1 Å². The number of hydrogen-bond donors (Lipinski definition) is 2. The van der Waals surface area contributed by atoms with Crippen molar-refractivity contribution < 1.29 is 10.0 Å². The highest BCUT2D eigenvalue weighted by Crippen LogP contribution is 2.20. The number of allylic oxidation sites excluding steroid dienone is 12. The first-order valence-electron chi connectivity index (χ1n) is 8.06. The first kappa shape index (κ1) is 16.4. The topological polar surface area (TPSA) is 66.2 Å². The second-order valence-corrected chi connectivity index (χ2v) is 5.59. The van der Waals surface area contributed by atoms with E-state index in [1.165, 1.54) is 0 Å². The van der Waals surface area contributed by atoms with Gasteiger partial charge in [-0.15, -0.1) is 0 Å². The van der Waals surface area contributed by atoms with Gasteiger partial charge in [0.2, 0.25) is 0 Å². The van der Waals surface area contributed by atoms with Crippen LogP contribution in [-0.2, 0) is 0 Å². The Morgan fingerprint density at radius 1 is 0.875 bits per heavy atom. The average Bonchev–Trinajstić information content (AvgIpc) is 2.83. The van der Waals surface area contributed by atoms with Gasteiger partial charge in [0.05, 0.1) is 11.3 Å². The molecule has 0 bridgehead atoms. The van der Waals surface area contributed by atoms with Crippen molar-refractivity contribution in [2.75, 3.05) is 0 Å². The molecule has 0 atom stereocenters. The second-order valence-electron chi connectivity index (χ2n) is 5.59. The molecule has 0 fully saturated rings. The van der Waals surface area contributed by atoms with Gasteiger partial charge in [-0.25, -0.2) is 9.97 Å². The summed E-state index contributed by atoms with van der Waals surface area (Å²) in [5.41, 5.74) is 2.70. The van der Waals surface area contributed by atoms with E-state index in [4.69, 9.17) is 0 Å². The van der Waals surface area contributed by atoms with Crippen LogP contribution >= 0.6 is 0 Å². The fraction of sp³-hybridized carbons (Fsp3) is 0.158. The van der Waals surface area contributed by atoms with E-state index in [0.29, 0.717) is 11.5 Å². The molecule has 0 saturated heterocycles. The molecule has 1 heterocycles. The Morgan fingerprint density at radius 3 is 2.67 bits per heavy atom. The van der Waals surface area contributed by atoms with Crippen molar-refractivity contribution in [2.24, 2.45) is 0 Å². The van der Waals surface area contributed by atoms with Crippen LogP contribution in [0.15, 0.2) is 66.8 Å². The monoisotopic (exact) mass is 318 g/mol. The molecular weight excluding hydrogens is 299 g/mol. The molecule has 0 amide bonds. The van der Waals surface area contributed by atoms with E-state index < -0.39 is 7.12 Å². The molecule has 1 aromatic heterocycles. The van der Waals surface area contributed by atoms with E-state index in [9.17, 15) is 10.0 Å². The summed E-state index contributed by atoms with van der Waals surface area (Å²) in [6.07, 6.45) is 22.8. The van der Waals surface area contributed by atoms with Crippen LogP contribution in [0.5, 0.6) is 0 Å². The number of aromatic nitrogens is 2. The molecular formula is C19H19BN2O2. The molecule has 4 nitrogen and oxygen atoms in total. The largest absolute Gasteiger partial charge is 0.508 e. The van der Waals surface area contributed by atoms with E-state index in [2.05, 4.69) is 22.1 Å². The minimum Gasteiger partial charge on any atom is -0.422 e. The molecule has 0 radical (unpaired) electrons.